The summed E-state index contributed by atoms with van der Waals surface area (Å²) in [6.45, 7) is 0. The van der Waals surface area contributed by atoms with Gasteiger partial charge in [-0.1, -0.05) is 59.1 Å². The maximum Gasteiger partial charge on any atom is 0.330 e. The Hall–Kier alpha value is -1.42. The molecule has 0 saturated heterocycles. The van der Waals surface area contributed by atoms with E-state index < -0.39 is 12.0 Å². The molecule has 0 aromatic heterocycles. The second-order valence-corrected chi connectivity index (χ2v) is 5.23. The van der Waals surface area contributed by atoms with E-state index in [1.807, 2.05) is 0 Å². The molecule has 0 bridgehead atoms. The summed E-state index contributed by atoms with van der Waals surface area (Å²) in [6, 6.07) is 10.7. The summed E-state index contributed by atoms with van der Waals surface area (Å²) in [4.78, 5) is 11.5. The van der Waals surface area contributed by atoms with Gasteiger partial charge < -0.3 is 10.4 Å². The lowest BCUT2D eigenvalue weighted by Crippen LogP contribution is -2.21. The lowest BCUT2D eigenvalue weighted by molar-refractivity contribution is -0.138. The summed E-state index contributed by atoms with van der Waals surface area (Å²) in [6.07, 6.45) is 0. The molecule has 0 radical (unpaired) electrons. The standard InChI is InChI=1S/C14H10Cl3NO2/c15-9-5-1-2-7-11(9)18-13(14(19)20)8-4-3-6-10(16)12(8)17/h1-7,13,18H,(H,19,20). The molecule has 6 heteroatoms. The Morgan fingerprint density at radius 1 is 1.00 bits per heavy atom. The van der Waals surface area contributed by atoms with Crippen LogP contribution in [0.15, 0.2) is 42.5 Å². The highest BCUT2D eigenvalue weighted by atomic mass is 35.5. The Bertz CT molecular complexity index is 646. The van der Waals surface area contributed by atoms with Gasteiger partial charge in [0.15, 0.2) is 6.04 Å². The Kier molecular flexibility index (Phi) is 4.76. The minimum absolute atomic E-state index is 0.209. The number of hydrogen-bond acceptors (Lipinski definition) is 2. The molecule has 3 nitrogen and oxygen atoms in total. The average molecular weight is 331 g/mol. The van der Waals surface area contributed by atoms with Crippen molar-refractivity contribution in [2.45, 2.75) is 6.04 Å². The number of nitrogens with one attached hydrogen (secondary N) is 1. The quantitative estimate of drug-likeness (QED) is 0.839. The van der Waals surface area contributed by atoms with Gasteiger partial charge in [-0.25, -0.2) is 4.79 Å². The zero-order chi connectivity index (χ0) is 14.7. The zero-order valence-electron chi connectivity index (χ0n) is 10.1. The van der Waals surface area contributed by atoms with E-state index in [1.54, 1.807) is 42.5 Å². The molecule has 0 aliphatic carbocycles. The van der Waals surface area contributed by atoms with E-state index in [-0.39, 0.29) is 5.02 Å². The van der Waals surface area contributed by atoms with Crippen LogP contribution in [0.2, 0.25) is 15.1 Å². The van der Waals surface area contributed by atoms with Gasteiger partial charge in [0.2, 0.25) is 0 Å². The van der Waals surface area contributed by atoms with Gasteiger partial charge in [0.05, 0.1) is 20.8 Å². The van der Waals surface area contributed by atoms with Gasteiger partial charge in [-0.2, -0.15) is 0 Å². The molecule has 2 rings (SSSR count). The van der Waals surface area contributed by atoms with Gasteiger partial charge in [-0.3, -0.25) is 0 Å². The average Bonchev–Trinajstić information content (AvgIpc) is 2.41. The van der Waals surface area contributed by atoms with Crippen LogP contribution in [0, 0.1) is 0 Å². The molecule has 0 aliphatic heterocycles. The summed E-state index contributed by atoms with van der Waals surface area (Å²) >= 11 is 18.0. The number of aliphatic carboxylic acids is 1. The number of hydrogen-bond donors (Lipinski definition) is 2. The topological polar surface area (TPSA) is 49.3 Å². The first kappa shape index (κ1) is 15.0. The van der Waals surface area contributed by atoms with Crippen LogP contribution in [-0.4, -0.2) is 11.1 Å². The number of rotatable bonds is 4. The third kappa shape index (κ3) is 3.18. The van der Waals surface area contributed by atoms with Crippen LogP contribution < -0.4 is 5.32 Å². The largest absolute Gasteiger partial charge is 0.479 e. The molecule has 0 heterocycles. The maximum absolute atomic E-state index is 11.5. The van der Waals surface area contributed by atoms with Gasteiger partial charge in [0, 0.05) is 5.56 Å². The summed E-state index contributed by atoms with van der Waals surface area (Å²) in [5.74, 6) is -1.07. The van der Waals surface area contributed by atoms with E-state index >= 15 is 0 Å². The molecule has 20 heavy (non-hydrogen) atoms. The molecule has 2 aromatic carbocycles. The molecule has 0 aliphatic rings. The van der Waals surface area contributed by atoms with Crippen LogP contribution in [0.1, 0.15) is 11.6 Å². The zero-order valence-corrected chi connectivity index (χ0v) is 12.4. The van der Waals surface area contributed by atoms with Crippen LogP contribution in [0.25, 0.3) is 0 Å². The third-order valence-corrected chi connectivity index (χ3v) is 3.88. The monoisotopic (exact) mass is 329 g/mol. The highest BCUT2D eigenvalue weighted by molar-refractivity contribution is 6.42. The molecule has 2 N–H and O–H groups in total. The maximum atomic E-state index is 11.5. The predicted octanol–water partition coefficient (Wildman–Crippen LogP) is 4.88. The van der Waals surface area contributed by atoms with Crippen molar-refractivity contribution in [3.8, 4) is 0 Å². The van der Waals surface area contributed by atoms with E-state index in [4.69, 9.17) is 34.8 Å². The van der Waals surface area contributed by atoms with Crippen molar-refractivity contribution >= 4 is 46.5 Å². The lowest BCUT2D eigenvalue weighted by atomic mass is 10.1. The van der Waals surface area contributed by atoms with Gasteiger partial charge in [0.25, 0.3) is 0 Å². The van der Waals surface area contributed by atoms with E-state index in [0.29, 0.717) is 21.3 Å². The minimum Gasteiger partial charge on any atom is -0.479 e. The number of carboxylic acids is 1. The molecule has 0 spiro atoms. The third-order valence-electron chi connectivity index (χ3n) is 2.71. The van der Waals surface area contributed by atoms with Crippen molar-refractivity contribution in [2.24, 2.45) is 0 Å². The highest BCUT2D eigenvalue weighted by Gasteiger charge is 2.23. The van der Waals surface area contributed by atoms with Crippen LogP contribution in [0.4, 0.5) is 5.69 Å². The fourth-order valence-electron chi connectivity index (χ4n) is 1.75. The summed E-state index contributed by atoms with van der Waals surface area (Å²) < 4.78 is 0. The number of para-hydroxylation sites is 1. The van der Waals surface area contributed by atoms with Crippen molar-refractivity contribution in [3.63, 3.8) is 0 Å². The molecular weight excluding hydrogens is 321 g/mol. The number of halogens is 3. The fraction of sp³-hybridized carbons (Fsp3) is 0.0714. The number of anilines is 1. The second kappa shape index (κ2) is 6.35. The molecule has 1 atom stereocenters. The van der Waals surface area contributed by atoms with Gasteiger partial charge in [0.1, 0.15) is 0 Å². The van der Waals surface area contributed by atoms with Crippen LogP contribution in [0.5, 0.6) is 0 Å². The molecular formula is C14H10Cl3NO2. The smallest absolute Gasteiger partial charge is 0.330 e. The first-order chi connectivity index (χ1) is 9.50. The van der Waals surface area contributed by atoms with Crippen molar-refractivity contribution in [2.75, 3.05) is 5.32 Å². The van der Waals surface area contributed by atoms with Crippen LogP contribution >= 0.6 is 34.8 Å². The van der Waals surface area contributed by atoms with E-state index in [1.165, 1.54) is 0 Å². The molecule has 1 unspecified atom stereocenters. The Labute approximate surface area is 131 Å². The Morgan fingerprint density at radius 3 is 2.30 bits per heavy atom. The normalized spacial score (nSPS) is 11.9. The number of carbonyl (C=O) groups is 1. The van der Waals surface area contributed by atoms with Gasteiger partial charge in [-0.05, 0) is 18.2 Å². The number of benzene rings is 2. The van der Waals surface area contributed by atoms with Gasteiger partial charge >= 0.3 is 5.97 Å². The fourth-order valence-corrected chi connectivity index (χ4v) is 2.36. The van der Waals surface area contributed by atoms with Crippen LogP contribution in [0.3, 0.4) is 0 Å². The lowest BCUT2D eigenvalue weighted by Gasteiger charge is -2.18. The van der Waals surface area contributed by atoms with Crippen molar-refractivity contribution in [1.82, 2.24) is 0 Å². The molecule has 0 amide bonds. The first-order valence-electron chi connectivity index (χ1n) is 5.68. The van der Waals surface area contributed by atoms with Gasteiger partial charge in [-0.15, -0.1) is 0 Å². The van der Waals surface area contributed by atoms with Crippen LogP contribution in [-0.2, 0) is 4.79 Å². The minimum atomic E-state index is -1.07. The molecule has 104 valence electrons. The first-order valence-corrected chi connectivity index (χ1v) is 6.82. The molecule has 0 fully saturated rings. The van der Waals surface area contributed by atoms with Crippen molar-refractivity contribution in [1.29, 1.82) is 0 Å². The Balaban J connectivity index is 2.40. The van der Waals surface area contributed by atoms with E-state index in [2.05, 4.69) is 5.32 Å². The summed E-state index contributed by atoms with van der Waals surface area (Å²) in [7, 11) is 0. The molecule has 2 aromatic rings. The van der Waals surface area contributed by atoms with Crippen molar-refractivity contribution < 1.29 is 9.90 Å². The highest BCUT2D eigenvalue weighted by Crippen LogP contribution is 2.33. The summed E-state index contributed by atoms with van der Waals surface area (Å²) in [5, 5.41) is 13.2. The Morgan fingerprint density at radius 2 is 1.65 bits per heavy atom. The molecule has 0 saturated carbocycles. The van der Waals surface area contributed by atoms with E-state index in [0.717, 1.165) is 0 Å². The second-order valence-electron chi connectivity index (χ2n) is 4.04. The predicted molar refractivity (Wildman–Crippen MR) is 81.9 cm³/mol. The number of carboxylic acid groups (broad SMARTS) is 1. The SMILES string of the molecule is O=C(O)C(Nc1ccccc1Cl)c1cccc(Cl)c1Cl. The van der Waals surface area contributed by atoms with E-state index in [9.17, 15) is 9.90 Å². The summed E-state index contributed by atoms with van der Waals surface area (Å²) in [5.41, 5.74) is 0.893. The van der Waals surface area contributed by atoms with Crippen molar-refractivity contribution in [3.05, 3.63) is 63.1 Å².